The van der Waals surface area contributed by atoms with Crippen molar-refractivity contribution >= 4 is 24.8 Å². The lowest BCUT2D eigenvalue weighted by molar-refractivity contribution is 0.169. The molecule has 1 heterocycles. The predicted octanol–water partition coefficient (Wildman–Crippen LogP) is 3.33. The molecule has 0 saturated carbocycles. The minimum Gasteiger partial charge on any atom is -0.314 e. The zero-order chi connectivity index (χ0) is 12.3. The van der Waals surface area contributed by atoms with E-state index in [0.29, 0.717) is 6.04 Å². The van der Waals surface area contributed by atoms with Crippen LogP contribution in [0.5, 0.6) is 0 Å². The van der Waals surface area contributed by atoms with E-state index in [1.807, 2.05) is 13.0 Å². The molecule has 5 heteroatoms. The van der Waals surface area contributed by atoms with Gasteiger partial charge in [-0.2, -0.15) is 0 Å². The molecule has 0 aliphatic carbocycles. The highest BCUT2D eigenvalue weighted by molar-refractivity contribution is 5.85. The molecule has 1 aromatic rings. The van der Waals surface area contributed by atoms with Crippen molar-refractivity contribution in [2.75, 3.05) is 26.2 Å². The molecule has 1 aromatic carbocycles. The predicted molar refractivity (Wildman–Crippen MR) is 83.1 cm³/mol. The van der Waals surface area contributed by atoms with Crippen molar-refractivity contribution in [3.8, 4) is 0 Å². The number of aryl methyl sites for hydroxylation is 1. The Morgan fingerprint density at radius 2 is 1.89 bits per heavy atom. The SMILES string of the molecule is CC[C@H](c1ccc(C)c(F)c1)N1CCNCC1.Cl.Cl. The van der Waals surface area contributed by atoms with Gasteiger partial charge in [-0.3, -0.25) is 4.90 Å². The first-order chi connectivity index (χ1) is 8.22. The highest BCUT2D eigenvalue weighted by Crippen LogP contribution is 2.25. The average Bonchev–Trinajstić information content (AvgIpc) is 2.36. The number of piperazine rings is 1. The van der Waals surface area contributed by atoms with E-state index < -0.39 is 0 Å². The number of halogens is 3. The first kappa shape index (κ1) is 18.7. The first-order valence-corrected chi connectivity index (χ1v) is 6.43. The zero-order valence-electron chi connectivity index (χ0n) is 11.5. The molecule has 0 spiro atoms. The summed E-state index contributed by atoms with van der Waals surface area (Å²) >= 11 is 0. The smallest absolute Gasteiger partial charge is 0.126 e. The molecule has 1 N–H and O–H groups in total. The number of nitrogens with one attached hydrogen (secondary N) is 1. The van der Waals surface area contributed by atoms with E-state index in [9.17, 15) is 4.39 Å². The summed E-state index contributed by atoms with van der Waals surface area (Å²) in [4.78, 5) is 2.45. The quantitative estimate of drug-likeness (QED) is 0.921. The van der Waals surface area contributed by atoms with Crippen molar-refractivity contribution in [1.29, 1.82) is 0 Å². The van der Waals surface area contributed by atoms with Crippen LogP contribution in [-0.2, 0) is 0 Å². The Balaban J connectivity index is 0.00000162. The third-order valence-corrected chi connectivity index (χ3v) is 3.56. The van der Waals surface area contributed by atoms with Gasteiger partial charge in [0.25, 0.3) is 0 Å². The molecule has 0 aromatic heterocycles. The molecule has 1 fully saturated rings. The van der Waals surface area contributed by atoms with Crippen LogP contribution in [-0.4, -0.2) is 31.1 Å². The van der Waals surface area contributed by atoms with Crippen molar-refractivity contribution in [2.45, 2.75) is 26.3 Å². The van der Waals surface area contributed by atoms with Gasteiger partial charge in [0.15, 0.2) is 0 Å². The van der Waals surface area contributed by atoms with E-state index in [-0.39, 0.29) is 30.6 Å². The maximum atomic E-state index is 13.6. The van der Waals surface area contributed by atoms with E-state index in [0.717, 1.165) is 43.7 Å². The highest BCUT2D eigenvalue weighted by atomic mass is 35.5. The van der Waals surface area contributed by atoms with Crippen LogP contribution >= 0.6 is 24.8 Å². The van der Waals surface area contributed by atoms with Crippen LogP contribution in [0.1, 0.15) is 30.5 Å². The van der Waals surface area contributed by atoms with Gasteiger partial charge in [-0.05, 0) is 30.5 Å². The Labute approximate surface area is 127 Å². The van der Waals surface area contributed by atoms with Crippen molar-refractivity contribution in [3.05, 3.63) is 35.1 Å². The van der Waals surface area contributed by atoms with E-state index >= 15 is 0 Å². The number of hydrogen-bond donors (Lipinski definition) is 1. The third-order valence-electron chi connectivity index (χ3n) is 3.56. The number of rotatable bonds is 3. The maximum absolute atomic E-state index is 13.6. The summed E-state index contributed by atoms with van der Waals surface area (Å²) in [5, 5.41) is 3.35. The second-order valence-corrected chi connectivity index (χ2v) is 4.72. The molecular formula is C14H23Cl2FN2. The second kappa shape index (κ2) is 8.75. The van der Waals surface area contributed by atoms with Crippen molar-refractivity contribution in [1.82, 2.24) is 10.2 Å². The van der Waals surface area contributed by atoms with E-state index in [1.54, 1.807) is 6.07 Å². The number of hydrogen-bond acceptors (Lipinski definition) is 2. The molecule has 0 amide bonds. The van der Waals surface area contributed by atoms with Crippen LogP contribution in [0.3, 0.4) is 0 Å². The van der Waals surface area contributed by atoms with E-state index in [4.69, 9.17) is 0 Å². The van der Waals surface area contributed by atoms with Gasteiger partial charge >= 0.3 is 0 Å². The fourth-order valence-electron chi connectivity index (χ4n) is 2.51. The van der Waals surface area contributed by atoms with Gasteiger partial charge in [-0.15, -0.1) is 24.8 Å². The number of benzene rings is 1. The van der Waals surface area contributed by atoms with Crippen molar-refractivity contribution < 1.29 is 4.39 Å². The van der Waals surface area contributed by atoms with Crippen LogP contribution in [0, 0.1) is 12.7 Å². The van der Waals surface area contributed by atoms with Crippen LogP contribution in [0.4, 0.5) is 4.39 Å². The van der Waals surface area contributed by atoms with Gasteiger partial charge in [-0.25, -0.2) is 4.39 Å². The van der Waals surface area contributed by atoms with Gasteiger partial charge in [-0.1, -0.05) is 19.1 Å². The Morgan fingerprint density at radius 3 is 2.42 bits per heavy atom. The maximum Gasteiger partial charge on any atom is 0.126 e. The Bertz CT molecular complexity index is 382. The second-order valence-electron chi connectivity index (χ2n) is 4.72. The molecule has 0 unspecified atom stereocenters. The summed E-state index contributed by atoms with van der Waals surface area (Å²) in [5.41, 5.74) is 1.83. The Hall–Kier alpha value is -0.350. The molecule has 2 nitrogen and oxygen atoms in total. The lowest BCUT2D eigenvalue weighted by atomic mass is 10.0. The summed E-state index contributed by atoms with van der Waals surface area (Å²) in [7, 11) is 0. The molecule has 1 aliphatic rings. The summed E-state index contributed by atoms with van der Waals surface area (Å²) in [5.74, 6) is -0.0870. The minimum atomic E-state index is -0.0870. The monoisotopic (exact) mass is 308 g/mol. The van der Waals surface area contributed by atoms with E-state index in [1.165, 1.54) is 0 Å². The van der Waals surface area contributed by atoms with Gasteiger partial charge in [0.2, 0.25) is 0 Å². The summed E-state index contributed by atoms with van der Waals surface area (Å²) < 4.78 is 13.6. The molecule has 110 valence electrons. The lowest BCUT2D eigenvalue weighted by Gasteiger charge is -2.34. The fourth-order valence-corrected chi connectivity index (χ4v) is 2.51. The van der Waals surface area contributed by atoms with Crippen LogP contribution in [0.2, 0.25) is 0 Å². The molecule has 19 heavy (non-hydrogen) atoms. The summed E-state index contributed by atoms with van der Waals surface area (Å²) in [6.45, 7) is 8.15. The Morgan fingerprint density at radius 1 is 1.26 bits per heavy atom. The van der Waals surface area contributed by atoms with Gasteiger partial charge in [0.1, 0.15) is 5.82 Å². The van der Waals surface area contributed by atoms with Gasteiger partial charge < -0.3 is 5.32 Å². The van der Waals surface area contributed by atoms with Crippen LogP contribution in [0.15, 0.2) is 18.2 Å². The van der Waals surface area contributed by atoms with Crippen LogP contribution < -0.4 is 5.32 Å². The highest BCUT2D eigenvalue weighted by Gasteiger charge is 2.20. The van der Waals surface area contributed by atoms with Crippen LogP contribution in [0.25, 0.3) is 0 Å². The standard InChI is InChI=1S/C14H21FN2.2ClH/c1-3-14(17-8-6-16-7-9-17)12-5-4-11(2)13(15)10-12;;/h4-5,10,14,16H,3,6-9H2,1-2H3;2*1H/t14-;;/m1../s1. The molecule has 0 bridgehead atoms. The Kier molecular flexibility index (Phi) is 8.59. The van der Waals surface area contributed by atoms with Gasteiger partial charge in [0.05, 0.1) is 0 Å². The first-order valence-electron chi connectivity index (χ1n) is 6.43. The topological polar surface area (TPSA) is 15.3 Å². The zero-order valence-corrected chi connectivity index (χ0v) is 13.1. The summed E-state index contributed by atoms with van der Waals surface area (Å²) in [6, 6.07) is 6.00. The largest absolute Gasteiger partial charge is 0.314 e. The third kappa shape index (κ3) is 4.60. The average molecular weight is 309 g/mol. The van der Waals surface area contributed by atoms with Crippen molar-refractivity contribution in [2.24, 2.45) is 0 Å². The molecule has 1 aliphatic heterocycles. The minimum absolute atomic E-state index is 0. The summed E-state index contributed by atoms with van der Waals surface area (Å²) in [6.07, 6.45) is 1.03. The van der Waals surface area contributed by atoms with Crippen molar-refractivity contribution in [3.63, 3.8) is 0 Å². The molecule has 2 rings (SSSR count). The van der Waals surface area contributed by atoms with E-state index in [2.05, 4.69) is 23.2 Å². The normalized spacial score (nSPS) is 17.2. The fraction of sp³-hybridized carbons (Fsp3) is 0.571. The van der Waals surface area contributed by atoms with Gasteiger partial charge in [0, 0.05) is 32.2 Å². The molecule has 1 atom stereocenters. The molecule has 0 radical (unpaired) electrons. The molecule has 1 saturated heterocycles. The lowest BCUT2D eigenvalue weighted by Crippen LogP contribution is -2.45. The number of nitrogens with zero attached hydrogens (tertiary/aromatic N) is 1. The molecular weight excluding hydrogens is 286 g/mol.